The van der Waals surface area contributed by atoms with Crippen molar-refractivity contribution < 1.29 is 0 Å². The lowest BCUT2D eigenvalue weighted by atomic mass is 10.3. The summed E-state index contributed by atoms with van der Waals surface area (Å²) >= 11 is 9.34. The molecular formula is C11H12ClNS2. The second kappa shape index (κ2) is 5.12. The van der Waals surface area contributed by atoms with Crippen LogP contribution in [-0.2, 0) is 6.54 Å². The van der Waals surface area contributed by atoms with Gasteiger partial charge in [0, 0.05) is 27.7 Å². The van der Waals surface area contributed by atoms with Gasteiger partial charge in [-0.15, -0.1) is 22.7 Å². The molecule has 80 valence electrons. The van der Waals surface area contributed by atoms with E-state index in [0.717, 1.165) is 11.6 Å². The van der Waals surface area contributed by atoms with E-state index in [9.17, 15) is 0 Å². The number of hydrogen-bond acceptors (Lipinski definition) is 3. The van der Waals surface area contributed by atoms with Crippen LogP contribution in [-0.4, -0.2) is 0 Å². The average molecular weight is 258 g/mol. The number of thiophene rings is 2. The molecule has 0 aromatic carbocycles. The second-order valence-electron chi connectivity index (χ2n) is 3.35. The third-order valence-corrected chi connectivity index (χ3v) is 4.51. The Kier molecular flexibility index (Phi) is 3.81. The molecule has 0 bridgehead atoms. The third kappa shape index (κ3) is 3.05. The summed E-state index contributed by atoms with van der Waals surface area (Å²) in [5, 5.41) is 8.38. The molecule has 1 atom stereocenters. The first-order valence-electron chi connectivity index (χ1n) is 4.75. The molecule has 0 amide bonds. The number of halogens is 1. The van der Waals surface area contributed by atoms with Crippen molar-refractivity contribution in [2.24, 2.45) is 0 Å². The van der Waals surface area contributed by atoms with Gasteiger partial charge in [0.1, 0.15) is 0 Å². The van der Waals surface area contributed by atoms with Crippen molar-refractivity contribution in [1.29, 1.82) is 0 Å². The van der Waals surface area contributed by atoms with E-state index in [1.807, 2.05) is 11.4 Å². The Balaban J connectivity index is 1.88. The molecule has 0 aliphatic rings. The van der Waals surface area contributed by atoms with Crippen LogP contribution < -0.4 is 5.32 Å². The minimum atomic E-state index is 0.408. The van der Waals surface area contributed by atoms with E-state index in [1.165, 1.54) is 9.75 Å². The summed E-state index contributed by atoms with van der Waals surface area (Å²) in [5.41, 5.74) is 0. The van der Waals surface area contributed by atoms with E-state index < -0.39 is 0 Å². The highest BCUT2D eigenvalue weighted by Gasteiger charge is 2.06. The van der Waals surface area contributed by atoms with Crippen LogP contribution in [0, 0.1) is 0 Å². The Morgan fingerprint density at radius 2 is 2.33 bits per heavy atom. The van der Waals surface area contributed by atoms with Crippen molar-refractivity contribution in [3.63, 3.8) is 0 Å². The molecule has 0 saturated carbocycles. The first-order chi connectivity index (χ1) is 7.25. The number of nitrogens with one attached hydrogen (secondary N) is 1. The van der Waals surface area contributed by atoms with Crippen molar-refractivity contribution in [2.75, 3.05) is 0 Å². The molecule has 0 aliphatic carbocycles. The van der Waals surface area contributed by atoms with Gasteiger partial charge in [0.25, 0.3) is 0 Å². The fraction of sp³-hybridized carbons (Fsp3) is 0.273. The highest BCUT2D eigenvalue weighted by Crippen LogP contribution is 2.21. The summed E-state index contributed by atoms with van der Waals surface area (Å²) in [5.74, 6) is 0. The minimum Gasteiger partial charge on any atom is -0.305 e. The van der Waals surface area contributed by atoms with Gasteiger partial charge in [0.05, 0.1) is 5.02 Å². The third-order valence-electron chi connectivity index (χ3n) is 2.17. The molecule has 1 unspecified atom stereocenters. The Labute approximate surface area is 103 Å². The summed E-state index contributed by atoms with van der Waals surface area (Å²) in [4.78, 5) is 2.65. The lowest BCUT2D eigenvalue weighted by Gasteiger charge is -2.10. The number of rotatable bonds is 4. The van der Waals surface area contributed by atoms with Crippen molar-refractivity contribution in [2.45, 2.75) is 19.5 Å². The highest BCUT2D eigenvalue weighted by atomic mass is 35.5. The maximum Gasteiger partial charge on any atom is 0.0516 e. The Hall–Kier alpha value is -0.350. The van der Waals surface area contributed by atoms with E-state index >= 15 is 0 Å². The Morgan fingerprint density at radius 3 is 2.93 bits per heavy atom. The molecule has 2 rings (SSSR count). The topological polar surface area (TPSA) is 12.0 Å². The van der Waals surface area contributed by atoms with E-state index in [2.05, 4.69) is 29.8 Å². The van der Waals surface area contributed by atoms with Crippen LogP contribution in [0.15, 0.2) is 29.0 Å². The fourth-order valence-electron chi connectivity index (χ4n) is 1.34. The molecule has 2 aromatic rings. The van der Waals surface area contributed by atoms with Crippen LogP contribution in [0.4, 0.5) is 0 Å². The average Bonchev–Trinajstić information content (AvgIpc) is 2.84. The standard InChI is InChI=1S/C11H12ClNS2/c1-8(11-3-2-4-14-11)13-6-10-5-9(12)7-15-10/h2-5,7-8,13H,6H2,1H3. The minimum absolute atomic E-state index is 0.408. The van der Waals surface area contributed by atoms with Crippen molar-refractivity contribution >= 4 is 34.3 Å². The fourth-order valence-corrected chi connectivity index (χ4v) is 3.12. The zero-order chi connectivity index (χ0) is 10.7. The molecule has 1 nitrogen and oxygen atoms in total. The van der Waals surface area contributed by atoms with E-state index in [1.54, 1.807) is 22.7 Å². The normalized spacial score (nSPS) is 12.9. The Bertz CT molecular complexity index is 408. The molecule has 1 N–H and O–H groups in total. The van der Waals surface area contributed by atoms with Crippen LogP contribution in [0.1, 0.15) is 22.7 Å². The van der Waals surface area contributed by atoms with Gasteiger partial charge in [-0.25, -0.2) is 0 Å². The second-order valence-corrected chi connectivity index (χ2v) is 5.76. The van der Waals surface area contributed by atoms with Crippen molar-refractivity contribution in [1.82, 2.24) is 5.32 Å². The van der Waals surface area contributed by atoms with Gasteiger partial charge < -0.3 is 5.32 Å². The lowest BCUT2D eigenvalue weighted by molar-refractivity contribution is 0.587. The SMILES string of the molecule is CC(NCc1cc(Cl)cs1)c1cccs1. The maximum absolute atomic E-state index is 5.86. The molecule has 0 aliphatic heterocycles. The molecule has 15 heavy (non-hydrogen) atoms. The zero-order valence-corrected chi connectivity index (χ0v) is 10.8. The van der Waals surface area contributed by atoms with Gasteiger partial charge in [-0.1, -0.05) is 17.7 Å². The molecule has 2 aromatic heterocycles. The summed E-state index contributed by atoms with van der Waals surface area (Å²) in [6.07, 6.45) is 0. The van der Waals surface area contributed by atoms with Crippen molar-refractivity contribution in [3.05, 3.63) is 43.7 Å². The van der Waals surface area contributed by atoms with E-state index in [4.69, 9.17) is 11.6 Å². The van der Waals surface area contributed by atoms with Crippen LogP contribution in [0.25, 0.3) is 0 Å². The first kappa shape index (κ1) is 11.1. The molecule has 0 spiro atoms. The lowest BCUT2D eigenvalue weighted by Crippen LogP contribution is -2.16. The predicted octanol–water partition coefficient (Wildman–Crippen LogP) is 4.31. The van der Waals surface area contributed by atoms with Gasteiger partial charge in [0.2, 0.25) is 0 Å². The molecule has 4 heteroatoms. The Morgan fingerprint density at radius 1 is 1.47 bits per heavy atom. The summed E-state index contributed by atoms with van der Waals surface area (Å²) in [7, 11) is 0. The van der Waals surface area contributed by atoms with Gasteiger partial charge in [0.15, 0.2) is 0 Å². The molecule has 0 saturated heterocycles. The van der Waals surface area contributed by atoms with E-state index in [0.29, 0.717) is 6.04 Å². The van der Waals surface area contributed by atoms with Gasteiger partial charge in [-0.3, -0.25) is 0 Å². The quantitative estimate of drug-likeness (QED) is 0.861. The van der Waals surface area contributed by atoms with E-state index in [-0.39, 0.29) is 0 Å². The largest absolute Gasteiger partial charge is 0.305 e. The summed E-state index contributed by atoms with van der Waals surface area (Å²) < 4.78 is 0. The highest BCUT2D eigenvalue weighted by molar-refractivity contribution is 7.10. The molecule has 0 radical (unpaired) electrons. The summed E-state index contributed by atoms with van der Waals surface area (Å²) in [6.45, 7) is 3.07. The van der Waals surface area contributed by atoms with Gasteiger partial charge >= 0.3 is 0 Å². The monoisotopic (exact) mass is 257 g/mol. The van der Waals surface area contributed by atoms with Gasteiger partial charge in [-0.05, 0) is 24.4 Å². The first-order valence-corrected chi connectivity index (χ1v) is 6.89. The van der Waals surface area contributed by atoms with Crippen LogP contribution in [0.2, 0.25) is 5.02 Å². The smallest absolute Gasteiger partial charge is 0.0516 e. The van der Waals surface area contributed by atoms with Gasteiger partial charge in [-0.2, -0.15) is 0 Å². The molecule has 0 fully saturated rings. The van der Waals surface area contributed by atoms with Crippen LogP contribution in [0.3, 0.4) is 0 Å². The zero-order valence-electron chi connectivity index (χ0n) is 8.37. The predicted molar refractivity (Wildman–Crippen MR) is 68.9 cm³/mol. The van der Waals surface area contributed by atoms with Crippen molar-refractivity contribution in [3.8, 4) is 0 Å². The number of hydrogen-bond donors (Lipinski definition) is 1. The molecule has 2 heterocycles. The summed E-state index contributed by atoms with van der Waals surface area (Å²) in [6, 6.07) is 6.66. The molecular weight excluding hydrogens is 246 g/mol. The van der Waals surface area contributed by atoms with Crippen LogP contribution in [0.5, 0.6) is 0 Å². The maximum atomic E-state index is 5.86. The van der Waals surface area contributed by atoms with Crippen LogP contribution >= 0.6 is 34.3 Å².